The Morgan fingerprint density at radius 1 is 1.12 bits per heavy atom. The molecule has 25 heavy (non-hydrogen) atoms. The first-order valence-electron chi connectivity index (χ1n) is 9.52. The van der Waals surface area contributed by atoms with E-state index in [4.69, 9.17) is 13.6 Å². The van der Waals surface area contributed by atoms with Gasteiger partial charge in [-0.25, -0.2) is 0 Å². The third-order valence-electron chi connectivity index (χ3n) is 5.14. The molecule has 1 aromatic heterocycles. The van der Waals surface area contributed by atoms with Crippen LogP contribution in [0.4, 0.5) is 0 Å². The zero-order valence-corrected chi connectivity index (χ0v) is 18.3. The van der Waals surface area contributed by atoms with Gasteiger partial charge in [0, 0.05) is 12.0 Å². The summed E-state index contributed by atoms with van der Waals surface area (Å²) in [6.45, 7) is 18.5. The van der Waals surface area contributed by atoms with Gasteiger partial charge in [-0.15, -0.1) is 0 Å². The van der Waals surface area contributed by atoms with Crippen LogP contribution in [-0.2, 0) is 27.0 Å². The molecule has 0 saturated carbocycles. The van der Waals surface area contributed by atoms with Gasteiger partial charge >= 0.3 is 5.97 Å². The van der Waals surface area contributed by atoms with Crippen molar-refractivity contribution in [3.8, 4) is 0 Å². The van der Waals surface area contributed by atoms with Crippen LogP contribution >= 0.6 is 0 Å². The van der Waals surface area contributed by atoms with Gasteiger partial charge in [0.05, 0.1) is 19.6 Å². The van der Waals surface area contributed by atoms with E-state index in [0.717, 1.165) is 17.1 Å². The number of aryl methyl sites for hydroxylation is 2. The van der Waals surface area contributed by atoms with Crippen molar-refractivity contribution in [2.75, 3.05) is 6.61 Å². The van der Waals surface area contributed by atoms with E-state index in [9.17, 15) is 4.79 Å². The Bertz CT molecular complexity index is 524. The molecule has 0 aliphatic heterocycles. The lowest BCUT2D eigenvalue weighted by Crippen LogP contribution is -2.47. The molecule has 0 N–H and O–H groups in total. The van der Waals surface area contributed by atoms with Gasteiger partial charge in [0.2, 0.25) is 8.32 Å². The van der Waals surface area contributed by atoms with Gasteiger partial charge in [0.1, 0.15) is 11.5 Å². The third kappa shape index (κ3) is 5.45. The molecular weight excluding hydrogens is 332 g/mol. The van der Waals surface area contributed by atoms with Gasteiger partial charge in [-0.05, 0) is 36.5 Å². The van der Waals surface area contributed by atoms with Gasteiger partial charge in [0.25, 0.3) is 0 Å². The van der Waals surface area contributed by atoms with Crippen LogP contribution in [0.25, 0.3) is 0 Å². The zero-order valence-electron chi connectivity index (χ0n) is 17.3. The molecule has 1 aromatic rings. The Balaban J connectivity index is 2.81. The zero-order chi connectivity index (χ0) is 19.2. The number of esters is 1. The molecule has 0 fully saturated rings. The Morgan fingerprint density at radius 2 is 1.68 bits per heavy atom. The predicted octanol–water partition coefficient (Wildman–Crippen LogP) is 5.78. The van der Waals surface area contributed by atoms with Gasteiger partial charge in [-0.3, -0.25) is 4.79 Å². The summed E-state index contributed by atoms with van der Waals surface area (Å²) >= 11 is 0. The van der Waals surface area contributed by atoms with E-state index >= 15 is 0 Å². The molecule has 1 rings (SSSR count). The first-order valence-corrected chi connectivity index (χ1v) is 11.7. The van der Waals surface area contributed by atoms with Crippen molar-refractivity contribution in [2.45, 2.75) is 91.5 Å². The fraction of sp³-hybridized carbons (Fsp3) is 0.750. The minimum Gasteiger partial charge on any atom is -0.466 e. The van der Waals surface area contributed by atoms with Gasteiger partial charge in [0.15, 0.2) is 0 Å². The van der Waals surface area contributed by atoms with Crippen LogP contribution in [0.2, 0.25) is 16.6 Å². The lowest BCUT2D eigenvalue weighted by molar-refractivity contribution is -0.143. The smallest absolute Gasteiger partial charge is 0.306 e. The van der Waals surface area contributed by atoms with Crippen LogP contribution in [0.15, 0.2) is 10.5 Å². The molecule has 144 valence electrons. The molecule has 0 aromatic carbocycles. The summed E-state index contributed by atoms with van der Waals surface area (Å²) < 4.78 is 17.4. The fourth-order valence-corrected chi connectivity index (χ4v) is 9.42. The average Bonchev–Trinajstić information content (AvgIpc) is 2.85. The van der Waals surface area contributed by atoms with E-state index in [1.54, 1.807) is 0 Å². The van der Waals surface area contributed by atoms with E-state index in [0.29, 0.717) is 42.7 Å². The molecule has 0 aliphatic rings. The van der Waals surface area contributed by atoms with Gasteiger partial charge in [-0.1, -0.05) is 41.5 Å². The summed E-state index contributed by atoms with van der Waals surface area (Å²) in [5, 5.41) is 0. The predicted molar refractivity (Wildman–Crippen MR) is 104 cm³/mol. The van der Waals surface area contributed by atoms with Crippen LogP contribution in [0.3, 0.4) is 0 Å². The van der Waals surface area contributed by atoms with Crippen LogP contribution < -0.4 is 0 Å². The summed E-state index contributed by atoms with van der Waals surface area (Å²) in [5.41, 5.74) is 2.77. The maximum atomic E-state index is 11.5. The summed E-state index contributed by atoms with van der Waals surface area (Å²) in [7, 11) is -1.89. The van der Waals surface area contributed by atoms with Gasteiger partial charge < -0.3 is 13.6 Å². The molecule has 0 spiro atoms. The molecular formula is C20H36O4Si. The topological polar surface area (TPSA) is 48.7 Å². The second-order valence-corrected chi connectivity index (χ2v) is 13.2. The molecule has 1 heterocycles. The van der Waals surface area contributed by atoms with E-state index in [-0.39, 0.29) is 5.97 Å². The van der Waals surface area contributed by atoms with Crippen molar-refractivity contribution in [2.24, 2.45) is 0 Å². The normalized spacial score (nSPS) is 12.4. The SMILES string of the molecule is CCOC(=O)CCc1cc(CO[Si](C(C)C)(C(C)C)C(C)C)c(C)o1. The molecule has 0 amide bonds. The van der Waals surface area contributed by atoms with E-state index in [1.165, 1.54) is 0 Å². The number of hydrogen-bond donors (Lipinski definition) is 0. The largest absolute Gasteiger partial charge is 0.466 e. The molecule has 0 atom stereocenters. The highest BCUT2D eigenvalue weighted by Gasteiger charge is 2.45. The maximum Gasteiger partial charge on any atom is 0.306 e. The molecule has 0 radical (unpaired) electrons. The number of ether oxygens (including phenoxy) is 1. The van der Waals surface area contributed by atoms with Crippen LogP contribution in [0.1, 0.15) is 72.0 Å². The standard InChI is InChI=1S/C20H36O4Si/c1-9-22-20(21)11-10-19-12-18(17(8)24-19)13-23-25(14(2)3,15(4)5)16(6)7/h12,14-16H,9-11,13H2,1-8H3. The Hall–Kier alpha value is -1.07. The molecule has 0 saturated heterocycles. The summed E-state index contributed by atoms with van der Waals surface area (Å²) in [6, 6.07) is 2.04. The highest BCUT2D eigenvalue weighted by Crippen LogP contribution is 2.42. The van der Waals surface area contributed by atoms with Gasteiger partial charge in [-0.2, -0.15) is 0 Å². The van der Waals surface area contributed by atoms with Crippen LogP contribution in [-0.4, -0.2) is 20.9 Å². The Labute approximate surface area is 154 Å². The van der Waals surface area contributed by atoms with E-state index in [1.807, 2.05) is 19.9 Å². The van der Waals surface area contributed by atoms with Crippen LogP contribution in [0, 0.1) is 6.92 Å². The highest BCUT2D eigenvalue weighted by atomic mass is 28.4. The molecule has 0 aliphatic carbocycles. The monoisotopic (exact) mass is 368 g/mol. The minimum absolute atomic E-state index is 0.180. The number of hydrogen-bond acceptors (Lipinski definition) is 4. The third-order valence-corrected chi connectivity index (χ3v) is 11.2. The second kappa shape index (κ2) is 9.58. The lowest BCUT2D eigenvalue weighted by Gasteiger charge is -2.42. The quantitative estimate of drug-likeness (QED) is 0.388. The Morgan fingerprint density at radius 3 is 2.16 bits per heavy atom. The number of carbonyl (C=O) groups excluding carboxylic acids is 1. The maximum absolute atomic E-state index is 11.5. The summed E-state index contributed by atoms with van der Waals surface area (Å²) in [6.07, 6.45) is 0.921. The van der Waals surface area contributed by atoms with Crippen molar-refractivity contribution in [1.29, 1.82) is 0 Å². The summed E-state index contributed by atoms with van der Waals surface area (Å²) in [4.78, 5) is 11.5. The number of furan rings is 1. The van der Waals surface area contributed by atoms with Crippen molar-refractivity contribution in [3.05, 3.63) is 23.2 Å². The number of rotatable bonds is 10. The van der Waals surface area contributed by atoms with Crippen LogP contribution in [0.5, 0.6) is 0 Å². The summed E-state index contributed by atoms with van der Waals surface area (Å²) in [5.74, 6) is 1.54. The second-order valence-electron chi connectivity index (χ2n) is 7.71. The van der Waals surface area contributed by atoms with Crippen molar-refractivity contribution < 1.29 is 18.4 Å². The van der Waals surface area contributed by atoms with E-state index < -0.39 is 8.32 Å². The first kappa shape index (κ1) is 22.0. The number of carbonyl (C=O) groups is 1. The molecule has 0 bridgehead atoms. The Kier molecular flexibility index (Phi) is 8.42. The lowest BCUT2D eigenvalue weighted by atomic mass is 10.2. The van der Waals surface area contributed by atoms with E-state index in [2.05, 4.69) is 41.5 Å². The van der Waals surface area contributed by atoms with Crippen molar-refractivity contribution in [3.63, 3.8) is 0 Å². The average molecular weight is 369 g/mol. The van der Waals surface area contributed by atoms with Crippen molar-refractivity contribution in [1.82, 2.24) is 0 Å². The first-order chi connectivity index (χ1) is 11.6. The molecule has 0 unspecified atom stereocenters. The van der Waals surface area contributed by atoms with Crippen molar-refractivity contribution >= 4 is 14.3 Å². The highest BCUT2D eigenvalue weighted by molar-refractivity contribution is 6.77. The fourth-order valence-electron chi connectivity index (χ4n) is 4.02. The molecule has 4 nitrogen and oxygen atoms in total. The minimum atomic E-state index is -1.89. The molecule has 5 heteroatoms.